The Balaban J connectivity index is 1.84. The Kier molecular flexibility index (Phi) is 7.93. The number of aromatic nitrogens is 1. The number of nitroso groups, excluding NO2 is 1. The van der Waals surface area contributed by atoms with Crippen molar-refractivity contribution < 1.29 is 22.7 Å². The zero-order valence-corrected chi connectivity index (χ0v) is 22.3. The van der Waals surface area contributed by atoms with Crippen molar-refractivity contribution in [3.05, 3.63) is 74.1 Å². The Morgan fingerprint density at radius 1 is 1.11 bits per heavy atom. The van der Waals surface area contributed by atoms with Gasteiger partial charge in [-0.3, -0.25) is 4.79 Å². The molecule has 0 saturated carbocycles. The summed E-state index contributed by atoms with van der Waals surface area (Å²) in [5.41, 5.74) is 1.81. The molecule has 3 aromatic rings. The molecular formula is C26H21Cl3F3N3O3. The minimum absolute atomic E-state index is 0.140. The van der Waals surface area contributed by atoms with Gasteiger partial charge in [-0.15, -0.1) is 0 Å². The fraction of sp³-hybridized carbons (Fsp3) is 0.308. The molecule has 0 aliphatic carbocycles. The van der Waals surface area contributed by atoms with Crippen LogP contribution in [-0.4, -0.2) is 35.3 Å². The van der Waals surface area contributed by atoms with E-state index < -0.39 is 36.2 Å². The lowest BCUT2D eigenvalue weighted by atomic mass is 9.83. The Morgan fingerprint density at radius 2 is 1.76 bits per heavy atom. The van der Waals surface area contributed by atoms with Crippen LogP contribution in [0.1, 0.15) is 31.7 Å². The van der Waals surface area contributed by atoms with Gasteiger partial charge in [0.05, 0.1) is 23.2 Å². The molecule has 2 unspecified atom stereocenters. The van der Waals surface area contributed by atoms with E-state index in [0.29, 0.717) is 43.0 Å². The molecule has 12 heteroatoms. The topological polar surface area (TPSA) is 80.7 Å². The molecule has 200 valence electrons. The van der Waals surface area contributed by atoms with E-state index in [1.807, 2.05) is 0 Å². The van der Waals surface area contributed by atoms with E-state index in [1.165, 1.54) is 0 Å². The maximum absolute atomic E-state index is 13.2. The fourth-order valence-corrected chi connectivity index (χ4v) is 4.88. The standard InChI is InChI=1S/C26H21Cl3F3N3O3/c1-25(2)11-19(23(36)33-12-21(35-37)26(30,31)32)18-10-17(13-3-5-14(27)6-4-13)22(34-24(18)38-25)16-8-7-15(28)9-20(16)29/h3-10,19,21H,11-12H2,1-2H3,(H,33,36). The van der Waals surface area contributed by atoms with Crippen LogP contribution in [0.25, 0.3) is 22.4 Å². The first-order valence-electron chi connectivity index (χ1n) is 11.4. The molecule has 1 aliphatic heterocycles. The Hall–Kier alpha value is -2.88. The van der Waals surface area contributed by atoms with Crippen LogP contribution in [0, 0.1) is 4.91 Å². The number of ether oxygens (including phenoxy) is 1. The SMILES string of the molecule is CC1(C)CC(C(=O)NCC(N=O)C(F)(F)F)c2cc(-c3ccc(Cl)cc3)c(-c3ccc(Cl)cc3Cl)nc2O1. The van der Waals surface area contributed by atoms with Gasteiger partial charge < -0.3 is 10.1 Å². The maximum atomic E-state index is 13.2. The van der Waals surface area contributed by atoms with Crippen LogP contribution < -0.4 is 10.1 Å². The highest BCUT2D eigenvalue weighted by atomic mass is 35.5. The van der Waals surface area contributed by atoms with Crippen LogP contribution >= 0.6 is 34.8 Å². The number of amides is 1. The summed E-state index contributed by atoms with van der Waals surface area (Å²) in [6, 6.07) is 11.0. The third kappa shape index (κ3) is 6.06. The number of carbonyl (C=O) groups is 1. The van der Waals surface area contributed by atoms with Gasteiger partial charge in [0.25, 0.3) is 0 Å². The monoisotopic (exact) mass is 585 g/mol. The first-order valence-corrected chi connectivity index (χ1v) is 12.5. The van der Waals surface area contributed by atoms with Crippen molar-refractivity contribution in [2.24, 2.45) is 5.18 Å². The average molecular weight is 587 g/mol. The summed E-state index contributed by atoms with van der Waals surface area (Å²) in [7, 11) is 0. The van der Waals surface area contributed by atoms with Gasteiger partial charge in [0, 0.05) is 33.2 Å². The fourth-order valence-electron chi connectivity index (χ4n) is 4.25. The number of nitrogens with zero attached hydrogens (tertiary/aromatic N) is 2. The molecule has 2 aromatic carbocycles. The van der Waals surface area contributed by atoms with Crippen LogP contribution in [0.5, 0.6) is 5.88 Å². The van der Waals surface area contributed by atoms with Gasteiger partial charge in [0.15, 0.2) is 0 Å². The minimum Gasteiger partial charge on any atom is -0.471 e. The lowest BCUT2D eigenvalue weighted by Gasteiger charge is -2.37. The van der Waals surface area contributed by atoms with Crippen molar-refractivity contribution in [1.29, 1.82) is 0 Å². The van der Waals surface area contributed by atoms with Crippen molar-refractivity contribution in [2.75, 3.05) is 6.54 Å². The zero-order chi connectivity index (χ0) is 27.8. The largest absolute Gasteiger partial charge is 0.471 e. The summed E-state index contributed by atoms with van der Waals surface area (Å²) in [4.78, 5) is 28.6. The summed E-state index contributed by atoms with van der Waals surface area (Å²) < 4.78 is 45.1. The van der Waals surface area contributed by atoms with Crippen molar-refractivity contribution in [3.63, 3.8) is 0 Å². The Bertz CT molecular complexity index is 1380. The first-order chi connectivity index (χ1) is 17.8. The number of halogens is 6. The normalized spacial score (nSPS) is 17.2. The van der Waals surface area contributed by atoms with E-state index in [9.17, 15) is 22.9 Å². The van der Waals surface area contributed by atoms with Crippen LogP contribution in [-0.2, 0) is 4.79 Å². The van der Waals surface area contributed by atoms with Gasteiger partial charge in [-0.2, -0.15) is 18.1 Å². The van der Waals surface area contributed by atoms with Gasteiger partial charge >= 0.3 is 6.18 Å². The van der Waals surface area contributed by atoms with E-state index in [4.69, 9.17) is 44.5 Å². The van der Waals surface area contributed by atoms with Gasteiger partial charge in [-0.05, 0) is 55.8 Å². The van der Waals surface area contributed by atoms with Crippen LogP contribution in [0.3, 0.4) is 0 Å². The molecule has 1 N–H and O–H groups in total. The number of hydrogen-bond donors (Lipinski definition) is 1. The smallest absolute Gasteiger partial charge is 0.415 e. The van der Waals surface area contributed by atoms with Crippen LogP contribution in [0.2, 0.25) is 15.1 Å². The summed E-state index contributed by atoms with van der Waals surface area (Å²) in [5.74, 6) is -1.48. The number of carbonyl (C=O) groups excluding carboxylic acids is 1. The Morgan fingerprint density at radius 3 is 2.37 bits per heavy atom. The lowest BCUT2D eigenvalue weighted by Crippen LogP contribution is -2.44. The number of fused-ring (bicyclic) bond motifs is 1. The molecule has 38 heavy (non-hydrogen) atoms. The first kappa shape index (κ1) is 28.1. The maximum Gasteiger partial charge on any atom is 0.415 e. The second-order valence-corrected chi connectivity index (χ2v) is 10.7. The van der Waals surface area contributed by atoms with E-state index in [-0.39, 0.29) is 12.3 Å². The Labute approximate surface area is 231 Å². The number of alkyl halides is 3. The highest BCUT2D eigenvalue weighted by Gasteiger charge is 2.43. The zero-order valence-electron chi connectivity index (χ0n) is 20.1. The van der Waals surface area contributed by atoms with E-state index in [2.05, 4.69) is 10.5 Å². The summed E-state index contributed by atoms with van der Waals surface area (Å²) >= 11 is 18.7. The van der Waals surface area contributed by atoms with Crippen LogP contribution in [0.4, 0.5) is 13.2 Å². The third-order valence-electron chi connectivity index (χ3n) is 6.09. The molecule has 6 nitrogen and oxygen atoms in total. The second kappa shape index (κ2) is 10.7. The molecule has 0 saturated heterocycles. The summed E-state index contributed by atoms with van der Waals surface area (Å²) in [6.45, 7) is 2.51. The van der Waals surface area contributed by atoms with Gasteiger partial charge in [-0.1, -0.05) is 52.1 Å². The molecular weight excluding hydrogens is 566 g/mol. The molecule has 1 aromatic heterocycles. The number of pyridine rings is 1. The van der Waals surface area contributed by atoms with Crippen molar-refractivity contribution in [1.82, 2.24) is 10.3 Å². The van der Waals surface area contributed by atoms with Gasteiger partial charge in [-0.25, -0.2) is 4.98 Å². The number of hydrogen-bond acceptors (Lipinski definition) is 5. The highest BCUT2D eigenvalue weighted by molar-refractivity contribution is 6.36. The third-order valence-corrected chi connectivity index (χ3v) is 6.89. The predicted octanol–water partition coefficient (Wildman–Crippen LogP) is 7.83. The molecule has 0 bridgehead atoms. The number of nitrogens with one attached hydrogen (secondary N) is 1. The van der Waals surface area contributed by atoms with Crippen LogP contribution in [0.15, 0.2) is 53.7 Å². The quantitative estimate of drug-likeness (QED) is 0.299. The van der Waals surface area contributed by atoms with Crippen molar-refractivity contribution >= 4 is 40.7 Å². The summed E-state index contributed by atoms with van der Waals surface area (Å²) in [5, 5.41) is 5.62. The van der Waals surface area contributed by atoms with Crippen molar-refractivity contribution in [2.45, 2.75) is 44.0 Å². The molecule has 0 radical (unpaired) electrons. The van der Waals surface area contributed by atoms with E-state index in [0.717, 1.165) is 0 Å². The highest BCUT2D eigenvalue weighted by Crippen LogP contribution is 2.45. The lowest BCUT2D eigenvalue weighted by molar-refractivity contribution is -0.147. The molecule has 2 atom stereocenters. The molecule has 0 fully saturated rings. The molecule has 4 rings (SSSR count). The predicted molar refractivity (Wildman–Crippen MR) is 141 cm³/mol. The van der Waals surface area contributed by atoms with Gasteiger partial charge in [0.2, 0.25) is 17.8 Å². The molecule has 1 aliphatic rings. The molecule has 0 spiro atoms. The van der Waals surface area contributed by atoms with E-state index >= 15 is 0 Å². The average Bonchev–Trinajstić information content (AvgIpc) is 2.82. The van der Waals surface area contributed by atoms with Gasteiger partial charge in [0.1, 0.15) is 5.60 Å². The number of benzene rings is 2. The second-order valence-electron chi connectivity index (χ2n) is 9.44. The summed E-state index contributed by atoms with van der Waals surface area (Å²) in [6.07, 6.45) is -4.72. The molecule has 2 heterocycles. The minimum atomic E-state index is -4.88. The van der Waals surface area contributed by atoms with E-state index in [1.54, 1.807) is 62.4 Å². The molecule has 1 amide bonds. The van der Waals surface area contributed by atoms with Crippen molar-refractivity contribution in [3.8, 4) is 28.3 Å². The number of rotatable bonds is 6.